The van der Waals surface area contributed by atoms with Crippen LogP contribution >= 0.6 is 0 Å². The molecule has 19 heavy (non-hydrogen) atoms. The lowest BCUT2D eigenvalue weighted by Crippen LogP contribution is -2.41. The van der Waals surface area contributed by atoms with Gasteiger partial charge in [-0.1, -0.05) is 12.1 Å². The molecule has 0 bridgehead atoms. The van der Waals surface area contributed by atoms with E-state index in [9.17, 15) is 4.79 Å². The number of aromatic nitrogens is 3. The second kappa shape index (κ2) is 7.23. The second-order valence-electron chi connectivity index (χ2n) is 5.05. The molecular formula is C13H23N5O. The summed E-state index contributed by atoms with van der Waals surface area (Å²) in [5.41, 5.74) is 0. The van der Waals surface area contributed by atoms with E-state index >= 15 is 0 Å². The van der Waals surface area contributed by atoms with Crippen LogP contribution in [0.15, 0.2) is 12.4 Å². The van der Waals surface area contributed by atoms with Crippen molar-refractivity contribution < 1.29 is 4.79 Å². The predicted octanol–water partition coefficient (Wildman–Crippen LogP) is 0.659. The summed E-state index contributed by atoms with van der Waals surface area (Å²) in [5, 5.41) is 11.1. The maximum Gasteiger partial charge on any atom is 0.224 e. The molecule has 6 heteroatoms. The van der Waals surface area contributed by atoms with Crippen LogP contribution in [0.5, 0.6) is 0 Å². The Morgan fingerprint density at radius 3 is 3.11 bits per heavy atom. The molecule has 1 unspecified atom stereocenters. The van der Waals surface area contributed by atoms with Crippen LogP contribution < -0.4 is 5.32 Å². The molecule has 106 valence electrons. The molecule has 0 radical (unpaired) electrons. The zero-order chi connectivity index (χ0) is 13.5. The third-order valence-corrected chi connectivity index (χ3v) is 3.48. The van der Waals surface area contributed by atoms with Gasteiger partial charge in [0.2, 0.25) is 5.91 Å². The molecule has 0 saturated carbocycles. The van der Waals surface area contributed by atoms with Gasteiger partial charge < -0.3 is 10.2 Å². The minimum absolute atomic E-state index is 0.214. The Morgan fingerprint density at radius 2 is 2.47 bits per heavy atom. The molecule has 0 spiro atoms. The Balaban J connectivity index is 1.80. The Hall–Kier alpha value is -1.43. The molecule has 6 nitrogen and oxygen atoms in total. The van der Waals surface area contributed by atoms with Crippen LogP contribution in [0.1, 0.15) is 32.6 Å². The average Bonchev–Trinajstić information content (AvgIpc) is 3.08. The van der Waals surface area contributed by atoms with Crippen LogP contribution in [0.25, 0.3) is 0 Å². The highest BCUT2D eigenvalue weighted by Crippen LogP contribution is 2.08. The van der Waals surface area contributed by atoms with Crippen molar-refractivity contribution in [2.24, 2.45) is 0 Å². The van der Waals surface area contributed by atoms with E-state index in [0.717, 1.165) is 26.1 Å². The van der Waals surface area contributed by atoms with Crippen molar-refractivity contribution in [2.75, 3.05) is 19.6 Å². The van der Waals surface area contributed by atoms with Crippen LogP contribution in [0.3, 0.4) is 0 Å². The molecule has 0 aromatic carbocycles. The molecule has 1 saturated heterocycles. The largest absolute Gasteiger partial charge is 0.341 e. The number of carbonyl (C=O) groups excluding carboxylic acids is 1. The maximum absolute atomic E-state index is 12.3. The summed E-state index contributed by atoms with van der Waals surface area (Å²) < 4.78 is 1.70. The molecule has 0 aliphatic carbocycles. The Morgan fingerprint density at radius 1 is 1.58 bits per heavy atom. The van der Waals surface area contributed by atoms with Crippen molar-refractivity contribution in [3.8, 4) is 0 Å². The molecule has 1 aromatic heterocycles. The second-order valence-corrected chi connectivity index (χ2v) is 5.05. The molecule has 1 amide bonds. The van der Waals surface area contributed by atoms with E-state index < -0.39 is 0 Å². The van der Waals surface area contributed by atoms with E-state index in [-0.39, 0.29) is 5.91 Å². The van der Waals surface area contributed by atoms with Crippen LogP contribution in [0, 0.1) is 0 Å². The predicted molar refractivity (Wildman–Crippen MR) is 72.5 cm³/mol. The SMILES string of the molecule is CCCN(CC1CCCN1)C(=O)CCn1ccnn1. The zero-order valence-corrected chi connectivity index (χ0v) is 11.6. The molecule has 2 rings (SSSR count). The number of nitrogens with zero attached hydrogens (tertiary/aromatic N) is 4. The summed E-state index contributed by atoms with van der Waals surface area (Å²) >= 11 is 0. The van der Waals surface area contributed by atoms with Gasteiger partial charge in [-0.25, -0.2) is 0 Å². The summed E-state index contributed by atoms with van der Waals surface area (Å²) in [7, 11) is 0. The van der Waals surface area contributed by atoms with Crippen molar-refractivity contribution in [3.05, 3.63) is 12.4 Å². The summed E-state index contributed by atoms with van der Waals surface area (Å²) in [4.78, 5) is 14.2. The lowest BCUT2D eigenvalue weighted by Gasteiger charge is -2.25. The first-order valence-electron chi connectivity index (χ1n) is 7.15. The van der Waals surface area contributed by atoms with Gasteiger partial charge in [-0.3, -0.25) is 9.48 Å². The average molecular weight is 265 g/mol. The van der Waals surface area contributed by atoms with Crippen molar-refractivity contribution in [1.29, 1.82) is 0 Å². The first-order chi connectivity index (χ1) is 9.29. The molecule has 2 heterocycles. The van der Waals surface area contributed by atoms with E-state index in [0.29, 0.717) is 19.0 Å². The summed E-state index contributed by atoms with van der Waals surface area (Å²) in [6, 6.07) is 0.474. The quantitative estimate of drug-likeness (QED) is 0.786. The number of aryl methyl sites for hydroxylation is 1. The van der Waals surface area contributed by atoms with E-state index in [1.165, 1.54) is 12.8 Å². The van der Waals surface area contributed by atoms with Gasteiger partial charge in [0.25, 0.3) is 0 Å². The Bertz CT molecular complexity index is 372. The van der Waals surface area contributed by atoms with E-state index in [1.807, 2.05) is 4.90 Å². The number of carbonyl (C=O) groups is 1. The van der Waals surface area contributed by atoms with Gasteiger partial charge in [-0.05, 0) is 25.8 Å². The zero-order valence-electron chi connectivity index (χ0n) is 11.6. The smallest absolute Gasteiger partial charge is 0.224 e. The van der Waals surface area contributed by atoms with Crippen molar-refractivity contribution in [3.63, 3.8) is 0 Å². The van der Waals surface area contributed by atoms with Gasteiger partial charge in [0.15, 0.2) is 0 Å². The lowest BCUT2D eigenvalue weighted by atomic mass is 10.2. The highest BCUT2D eigenvalue weighted by Gasteiger charge is 2.20. The van der Waals surface area contributed by atoms with Gasteiger partial charge >= 0.3 is 0 Å². The fourth-order valence-corrected chi connectivity index (χ4v) is 2.49. The fourth-order valence-electron chi connectivity index (χ4n) is 2.49. The number of nitrogens with one attached hydrogen (secondary N) is 1. The number of amides is 1. The standard InChI is InChI=1S/C13H23N5O/c1-2-8-17(11-12-4-3-6-14-12)13(19)5-9-18-10-7-15-16-18/h7,10,12,14H,2-6,8-9,11H2,1H3. The van der Waals surface area contributed by atoms with Crippen molar-refractivity contribution in [1.82, 2.24) is 25.2 Å². The van der Waals surface area contributed by atoms with E-state index in [4.69, 9.17) is 0 Å². The van der Waals surface area contributed by atoms with Crippen LogP contribution in [-0.4, -0.2) is 51.5 Å². The first kappa shape index (κ1) is 14.0. The molecule has 1 aliphatic heterocycles. The van der Waals surface area contributed by atoms with Gasteiger partial charge in [-0.2, -0.15) is 0 Å². The van der Waals surface area contributed by atoms with Crippen LogP contribution in [-0.2, 0) is 11.3 Å². The van der Waals surface area contributed by atoms with Gasteiger partial charge in [0.05, 0.1) is 12.7 Å². The van der Waals surface area contributed by atoms with Crippen LogP contribution in [0.2, 0.25) is 0 Å². The monoisotopic (exact) mass is 265 g/mol. The van der Waals surface area contributed by atoms with Crippen LogP contribution in [0.4, 0.5) is 0 Å². The molecule has 1 aromatic rings. The molecular weight excluding hydrogens is 242 g/mol. The third kappa shape index (κ3) is 4.31. The highest BCUT2D eigenvalue weighted by molar-refractivity contribution is 5.76. The third-order valence-electron chi connectivity index (χ3n) is 3.48. The topological polar surface area (TPSA) is 63.1 Å². The fraction of sp³-hybridized carbons (Fsp3) is 0.769. The molecule has 1 atom stereocenters. The lowest BCUT2D eigenvalue weighted by molar-refractivity contribution is -0.131. The van der Waals surface area contributed by atoms with Crippen molar-refractivity contribution >= 4 is 5.91 Å². The van der Waals surface area contributed by atoms with E-state index in [1.54, 1.807) is 17.1 Å². The first-order valence-corrected chi connectivity index (χ1v) is 7.15. The number of hydrogen-bond acceptors (Lipinski definition) is 4. The molecule has 1 fully saturated rings. The maximum atomic E-state index is 12.3. The minimum atomic E-state index is 0.214. The van der Waals surface area contributed by atoms with Gasteiger partial charge in [0, 0.05) is 31.7 Å². The minimum Gasteiger partial charge on any atom is -0.341 e. The number of hydrogen-bond donors (Lipinski definition) is 1. The Labute approximate surface area is 114 Å². The van der Waals surface area contributed by atoms with E-state index in [2.05, 4.69) is 22.6 Å². The Kier molecular flexibility index (Phi) is 5.32. The number of rotatable bonds is 7. The van der Waals surface area contributed by atoms with Gasteiger partial charge in [-0.15, -0.1) is 5.10 Å². The normalized spacial score (nSPS) is 18.7. The molecule has 1 aliphatic rings. The summed E-state index contributed by atoms with van der Waals surface area (Å²) in [5.74, 6) is 0.214. The van der Waals surface area contributed by atoms with Crippen molar-refractivity contribution in [2.45, 2.75) is 45.2 Å². The summed E-state index contributed by atoms with van der Waals surface area (Å²) in [6.07, 6.45) is 7.32. The van der Waals surface area contributed by atoms with Gasteiger partial charge in [0.1, 0.15) is 0 Å². The summed E-state index contributed by atoms with van der Waals surface area (Å²) in [6.45, 7) is 5.48. The highest BCUT2D eigenvalue weighted by atomic mass is 16.2. The molecule has 1 N–H and O–H groups in total.